The van der Waals surface area contributed by atoms with Crippen molar-refractivity contribution in [3.8, 4) is 11.4 Å². The van der Waals surface area contributed by atoms with Crippen LogP contribution in [0.5, 0.6) is 5.75 Å². The van der Waals surface area contributed by atoms with Gasteiger partial charge in [0.2, 0.25) is 0 Å². The lowest BCUT2D eigenvalue weighted by atomic mass is 9.95. The Morgan fingerprint density at radius 2 is 1.84 bits per heavy atom. The molecule has 0 aliphatic carbocycles. The number of ether oxygens (including phenoxy) is 2. The number of nitrogens with zero attached hydrogens (tertiary/aromatic N) is 3. The highest BCUT2D eigenvalue weighted by Gasteiger charge is 2.35. The zero-order chi connectivity index (χ0) is 31.0. The maximum atomic E-state index is 14.2. The summed E-state index contributed by atoms with van der Waals surface area (Å²) >= 11 is 1.25. The number of aromatic nitrogens is 2. The van der Waals surface area contributed by atoms with Crippen LogP contribution in [0, 0.1) is 13.8 Å². The van der Waals surface area contributed by atoms with Crippen molar-refractivity contribution in [2.24, 2.45) is 4.99 Å². The van der Waals surface area contributed by atoms with E-state index in [0.29, 0.717) is 32.0 Å². The SMILES string of the molecule is CCOC(=O)C1=C(C)N=c2s/c(=C/c3cc(C)n(-c4cccc(C(=O)O)c4)c3C)c(=O)n2[C@@H]1c1ccccc1OC(C)C. The number of aromatic carboxylic acids is 1. The van der Waals surface area contributed by atoms with Gasteiger partial charge < -0.3 is 19.1 Å². The molecule has 5 rings (SSSR count). The molecule has 0 unspecified atom stereocenters. The Kier molecular flexibility index (Phi) is 8.23. The second kappa shape index (κ2) is 11.9. The summed E-state index contributed by atoms with van der Waals surface area (Å²) in [4.78, 5) is 44.2. The molecular weight excluding hydrogens is 566 g/mol. The van der Waals surface area contributed by atoms with E-state index in [-0.39, 0.29) is 29.4 Å². The van der Waals surface area contributed by atoms with Crippen molar-refractivity contribution in [3.63, 3.8) is 0 Å². The molecule has 3 heterocycles. The Labute approximate surface area is 252 Å². The summed E-state index contributed by atoms with van der Waals surface area (Å²) in [6.07, 6.45) is 1.69. The monoisotopic (exact) mass is 599 g/mol. The summed E-state index contributed by atoms with van der Waals surface area (Å²) < 4.78 is 15.5. The van der Waals surface area contributed by atoms with Crippen molar-refractivity contribution in [1.82, 2.24) is 9.13 Å². The first-order valence-electron chi connectivity index (χ1n) is 14.0. The number of para-hydroxylation sites is 1. The van der Waals surface area contributed by atoms with E-state index in [2.05, 4.69) is 4.99 Å². The number of carboxylic acids is 1. The highest BCUT2D eigenvalue weighted by molar-refractivity contribution is 7.07. The van der Waals surface area contributed by atoms with E-state index >= 15 is 0 Å². The average molecular weight is 600 g/mol. The summed E-state index contributed by atoms with van der Waals surface area (Å²) in [5.74, 6) is -0.965. The van der Waals surface area contributed by atoms with Crippen molar-refractivity contribution in [3.05, 3.63) is 114 Å². The van der Waals surface area contributed by atoms with Gasteiger partial charge in [-0.05, 0) is 83.5 Å². The Bertz CT molecular complexity index is 1960. The molecule has 1 N–H and O–H groups in total. The third-order valence-electron chi connectivity index (χ3n) is 7.20. The van der Waals surface area contributed by atoms with E-state index in [0.717, 1.165) is 17.0 Å². The van der Waals surface area contributed by atoms with Crippen molar-refractivity contribution in [2.45, 2.75) is 53.7 Å². The molecule has 1 aliphatic heterocycles. The third-order valence-corrected chi connectivity index (χ3v) is 8.18. The molecule has 1 aliphatic rings. The molecule has 0 spiro atoms. The van der Waals surface area contributed by atoms with Gasteiger partial charge in [-0.3, -0.25) is 9.36 Å². The zero-order valence-corrected chi connectivity index (χ0v) is 25.7. The maximum absolute atomic E-state index is 14.2. The minimum absolute atomic E-state index is 0.125. The third kappa shape index (κ3) is 5.58. The molecule has 2 aromatic carbocycles. The van der Waals surface area contributed by atoms with Crippen LogP contribution in [-0.4, -0.2) is 38.9 Å². The summed E-state index contributed by atoms with van der Waals surface area (Å²) in [5, 5.41) is 9.47. The minimum atomic E-state index is -1.00. The molecule has 1 atom stereocenters. The van der Waals surface area contributed by atoms with E-state index in [1.54, 1.807) is 36.6 Å². The van der Waals surface area contributed by atoms with Gasteiger partial charge in [-0.25, -0.2) is 14.6 Å². The Morgan fingerprint density at radius 1 is 1.09 bits per heavy atom. The fourth-order valence-electron chi connectivity index (χ4n) is 5.40. The number of carbonyl (C=O) groups is 2. The zero-order valence-electron chi connectivity index (χ0n) is 24.9. The molecule has 0 saturated heterocycles. The molecule has 0 fully saturated rings. The second-order valence-electron chi connectivity index (χ2n) is 10.5. The summed E-state index contributed by atoms with van der Waals surface area (Å²) in [6, 6.07) is 15.3. The number of rotatable bonds is 8. The maximum Gasteiger partial charge on any atom is 0.338 e. The predicted molar refractivity (Wildman–Crippen MR) is 165 cm³/mol. The molecule has 0 amide bonds. The van der Waals surface area contributed by atoms with Gasteiger partial charge in [-0.1, -0.05) is 35.6 Å². The number of hydrogen-bond donors (Lipinski definition) is 1. The fraction of sp³-hybridized carbons (Fsp3) is 0.273. The number of thiazole rings is 1. The van der Waals surface area contributed by atoms with Gasteiger partial charge in [0.25, 0.3) is 5.56 Å². The number of fused-ring (bicyclic) bond motifs is 1. The van der Waals surface area contributed by atoms with Crippen LogP contribution < -0.4 is 19.6 Å². The van der Waals surface area contributed by atoms with E-state index in [9.17, 15) is 19.5 Å². The van der Waals surface area contributed by atoms with Crippen LogP contribution in [0.25, 0.3) is 11.8 Å². The Hall–Kier alpha value is -4.70. The van der Waals surface area contributed by atoms with Crippen molar-refractivity contribution < 1.29 is 24.2 Å². The van der Waals surface area contributed by atoms with Gasteiger partial charge in [0.1, 0.15) is 11.8 Å². The molecule has 4 aromatic rings. The molecule has 0 saturated carbocycles. The minimum Gasteiger partial charge on any atom is -0.491 e. The molecule has 10 heteroatoms. The van der Waals surface area contributed by atoms with Gasteiger partial charge in [-0.2, -0.15) is 0 Å². The lowest BCUT2D eigenvalue weighted by molar-refractivity contribution is -0.139. The van der Waals surface area contributed by atoms with Crippen molar-refractivity contribution >= 4 is 29.4 Å². The van der Waals surface area contributed by atoms with Gasteiger partial charge >= 0.3 is 11.9 Å². The van der Waals surface area contributed by atoms with Gasteiger partial charge in [0.15, 0.2) is 4.80 Å². The Morgan fingerprint density at radius 3 is 2.53 bits per heavy atom. The van der Waals surface area contributed by atoms with Crippen LogP contribution in [0.3, 0.4) is 0 Å². The number of benzene rings is 2. The first-order chi connectivity index (χ1) is 20.5. The first-order valence-corrected chi connectivity index (χ1v) is 14.8. The second-order valence-corrected chi connectivity index (χ2v) is 11.5. The molecule has 43 heavy (non-hydrogen) atoms. The highest BCUT2D eigenvalue weighted by Crippen LogP contribution is 2.36. The highest BCUT2D eigenvalue weighted by atomic mass is 32.1. The fourth-order valence-corrected chi connectivity index (χ4v) is 6.44. The smallest absolute Gasteiger partial charge is 0.338 e. The number of allylic oxidation sites excluding steroid dienone is 1. The topological polar surface area (TPSA) is 112 Å². The van der Waals surface area contributed by atoms with Crippen LogP contribution in [-0.2, 0) is 9.53 Å². The predicted octanol–water partition coefficient (Wildman–Crippen LogP) is 4.69. The lowest BCUT2D eigenvalue weighted by Gasteiger charge is -2.26. The van der Waals surface area contributed by atoms with E-state index < -0.39 is 18.0 Å². The summed E-state index contributed by atoms with van der Waals surface area (Å²) in [6.45, 7) is 11.4. The molecular formula is C33H33N3O6S. The number of esters is 1. The summed E-state index contributed by atoms with van der Waals surface area (Å²) in [7, 11) is 0. The normalized spacial score (nSPS) is 15.0. The number of carboxylic acid groups (broad SMARTS) is 1. The van der Waals surface area contributed by atoms with Crippen LogP contribution in [0.2, 0.25) is 0 Å². The van der Waals surface area contributed by atoms with Gasteiger partial charge in [-0.15, -0.1) is 0 Å². The quantitative estimate of drug-likeness (QED) is 0.294. The summed E-state index contributed by atoms with van der Waals surface area (Å²) in [5.41, 5.74) is 4.59. The lowest BCUT2D eigenvalue weighted by Crippen LogP contribution is -2.40. The molecule has 222 valence electrons. The van der Waals surface area contributed by atoms with E-state index in [4.69, 9.17) is 9.47 Å². The standard InChI is InChI=1S/C33H33N3O6S/c1-7-41-32(40)28-20(5)34-33-36(29(28)25-13-8-9-14-26(25)42-18(2)3)30(37)27(43-33)17-23-15-19(4)35(21(23)6)24-12-10-11-22(16-24)31(38)39/h8-18,29H,7H2,1-6H3,(H,38,39)/b27-17+/t29-/m1/s1. The first kappa shape index (κ1) is 29.8. The molecule has 0 bridgehead atoms. The molecule has 2 aromatic heterocycles. The van der Waals surface area contributed by atoms with Crippen LogP contribution in [0.4, 0.5) is 0 Å². The van der Waals surface area contributed by atoms with Crippen LogP contribution in [0.1, 0.15) is 66.6 Å². The van der Waals surface area contributed by atoms with Crippen LogP contribution in [0.15, 0.2) is 75.7 Å². The van der Waals surface area contributed by atoms with Gasteiger partial charge in [0.05, 0.1) is 34.1 Å². The van der Waals surface area contributed by atoms with Gasteiger partial charge in [0, 0.05) is 22.6 Å². The van der Waals surface area contributed by atoms with E-state index in [1.165, 1.54) is 11.3 Å². The van der Waals surface area contributed by atoms with Crippen LogP contribution >= 0.6 is 11.3 Å². The van der Waals surface area contributed by atoms with Crippen molar-refractivity contribution in [2.75, 3.05) is 6.61 Å². The Balaban J connectivity index is 1.70. The van der Waals surface area contributed by atoms with Crippen molar-refractivity contribution in [1.29, 1.82) is 0 Å². The average Bonchev–Trinajstić information content (AvgIpc) is 3.41. The largest absolute Gasteiger partial charge is 0.491 e. The number of aryl methyl sites for hydroxylation is 1. The molecule has 9 nitrogen and oxygen atoms in total. The van der Waals surface area contributed by atoms with E-state index in [1.807, 2.05) is 74.7 Å². The molecule has 0 radical (unpaired) electrons. The number of hydrogen-bond acceptors (Lipinski definition) is 7. The number of carbonyl (C=O) groups excluding carboxylic acids is 1.